The topological polar surface area (TPSA) is 96.2 Å². The molecule has 3 N–H and O–H groups in total. The number of benzene rings is 1. The van der Waals surface area contributed by atoms with Crippen molar-refractivity contribution in [1.29, 1.82) is 0 Å². The normalized spacial score (nSPS) is 14.0. The summed E-state index contributed by atoms with van der Waals surface area (Å²) in [6, 6.07) is 7.73. The first-order valence-electron chi connectivity index (χ1n) is 8.47. The number of rotatable bonds is 7. The maximum Gasteiger partial charge on any atom is 0.255 e. The molecule has 0 aliphatic heterocycles. The van der Waals surface area contributed by atoms with Crippen LogP contribution in [0.3, 0.4) is 0 Å². The van der Waals surface area contributed by atoms with Crippen molar-refractivity contribution in [3.05, 3.63) is 47.8 Å². The molecule has 1 fully saturated rings. The van der Waals surface area contributed by atoms with Gasteiger partial charge in [0.25, 0.3) is 5.91 Å². The second-order valence-electron chi connectivity index (χ2n) is 6.20. The highest BCUT2D eigenvalue weighted by Crippen LogP contribution is 2.36. The van der Waals surface area contributed by atoms with E-state index in [1.165, 1.54) is 35.7 Å². The Morgan fingerprint density at radius 2 is 2.00 bits per heavy atom. The number of hydrogen-bond donors (Lipinski definition) is 3. The van der Waals surface area contributed by atoms with E-state index in [2.05, 4.69) is 15.7 Å². The van der Waals surface area contributed by atoms with E-state index in [9.17, 15) is 9.59 Å². The quantitative estimate of drug-likeness (QED) is 0.711. The third-order valence-electron chi connectivity index (χ3n) is 4.38. The summed E-state index contributed by atoms with van der Waals surface area (Å²) in [5.41, 5.74) is 2.42. The van der Waals surface area contributed by atoms with Crippen molar-refractivity contribution >= 4 is 17.5 Å². The lowest BCUT2D eigenvalue weighted by molar-refractivity contribution is -0.122. The van der Waals surface area contributed by atoms with Gasteiger partial charge in [-0.15, -0.1) is 0 Å². The number of anilines is 1. The minimum atomic E-state index is -0.249. The number of carbonyl (C=O) groups is 2. The molecule has 1 heterocycles. The van der Waals surface area contributed by atoms with Gasteiger partial charge in [-0.05, 0) is 36.5 Å². The molecule has 0 radical (unpaired) electrons. The fourth-order valence-electron chi connectivity index (χ4n) is 2.76. The lowest BCUT2D eigenvalue weighted by Crippen LogP contribution is -2.30. The molecule has 0 atom stereocenters. The molecule has 1 aliphatic rings. The van der Waals surface area contributed by atoms with Crippen LogP contribution in [0.25, 0.3) is 0 Å². The summed E-state index contributed by atoms with van der Waals surface area (Å²) in [4.78, 5) is 23.9. The van der Waals surface area contributed by atoms with Crippen molar-refractivity contribution in [2.24, 2.45) is 0 Å². The molecule has 1 aliphatic carbocycles. The predicted molar refractivity (Wildman–Crippen MR) is 93.3 cm³/mol. The van der Waals surface area contributed by atoms with Crippen LogP contribution in [0.2, 0.25) is 0 Å². The van der Waals surface area contributed by atoms with E-state index in [1.54, 1.807) is 6.20 Å². The van der Waals surface area contributed by atoms with E-state index < -0.39 is 0 Å². The van der Waals surface area contributed by atoms with Crippen LogP contribution in [0.5, 0.6) is 0 Å². The molecule has 7 heteroatoms. The number of aliphatic hydroxyl groups is 1. The molecule has 1 aromatic carbocycles. The van der Waals surface area contributed by atoms with Crippen molar-refractivity contribution in [2.45, 2.75) is 31.7 Å². The maximum absolute atomic E-state index is 12.3. The van der Waals surface area contributed by atoms with Gasteiger partial charge in [0.2, 0.25) is 5.91 Å². The number of amides is 2. The first-order chi connectivity index (χ1) is 12.2. The summed E-state index contributed by atoms with van der Waals surface area (Å²) in [6.07, 6.45) is 6.85. The number of aliphatic hydroxyl groups excluding tert-OH is 1. The van der Waals surface area contributed by atoms with Crippen molar-refractivity contribution in [3.63, 3.8) is 0 Å². The lowest BCUT2D eigenvalue weighted by Gasteiger charge is -2.25. The van der Waals surface area contributed by atoms with Gasteiger partial charge in [-0.3, -0.25) is 14.3 Å². The Morgan fingerprint density at radius 1 is 1.24 bits per heavy atom. The first-order valence-corrected chi connectivity index (χ1v) is 8.47. The first kappa shape index (κ1) is 17.2. The minimum absolute atomic E-state index is 0.0337. The fraction of sp³-hybridized carbons (Fsp3) is 0.389. The molecule has 1 aromatic heterocycles. The summed E-state index contributed by atoms with van der Waals surface area (Å²) >= 11 is 0. The molecule has 7 nitrogen and oxygen atoms in total. The van der Waals surface area contributed by atoms with Gasteiger partial charge >= 0.3 is 0 Å². The van der Waals surface area contributed by atoms with E-state index in [0.717, 1.165) is 0 Å². The zero-order valence-electron chi connectivity index (χ0n) is 13.9. The molecule has 0 unspecified atom stereocenters. The highest BCUT2D eigenvalue weighted by molar-refractivity contribution is 6.04. The summed E-state index contributed by atoms with van der Waals surface area (Å²) in [6.45, 7) is 0.137. The summed E-state index contributed by atoms with van der Waals surface area (Å²) in [7, 11) is 0. The Morgan fingerprint density at radius 3 is 2.64 bits per heavy atom. The average molecular weight is 342 g/mol. The van der Waals surface area contributed by atoms with Gasteiger partial charge in [-0.25, -0.2) is 0 Å². The van der Waals surface area contributed by atoms with Crippen LogP contribution in [0.15, 0.2) is 36.7 Å². The van der Waals surface area contributed by atoms with Gasteiger partial charge in [-0.1, -0.05) is 18.6 Å². The highest BCUT2D eigenvalue weighted by Gasteiger charge is 2.19. The Labute approximate surface area is 146 Å². The Kier molecular flexibility index (Phi) is 5.45. The lowest BCUT2D eigenvalue weighted by atomic mass is 9.80. The van der Waals surface area contributed by atoms with E-state index in [-0.39, 0.29) is 31.5 Å². The van der Waals surface area contributed by atoms with Gasteiger partial charge in [0.1, 0.15) is 6.54 Å². The van der Waals surface area contributed by atoms with E-state index in [1.807, 2.05) is 24.3 Å². The zero-order chi connectivity index (χ0) is 17.6. The standard InChI is InChI=1S/C18H22N4O3/c23-9-8-19-17(24)12-22-11-16(10-20-22)21-18(25)15-6-4-14(5-7-15)13-2-1-3-13/h4-7,10-11,13,23H,1-3,8-9,12H2,(H,19,24)(H,21,25). The highest BCUT2D eigenvalue weighted by atomic mass is 16.3. The molecular weight excluding hydrogens is 320 g/mol. The summed E-state index contributed by atoms with van der Waals surface area (Å²) in [5.74, 6) is 0.193. The third kappa shape index (κ3) is 4.45. The predicted octanol–water partition coefficient (Wildman–Crippen LogP) is 1.51. The molecule has 25 heavy (non-hydrogen) atoms. The van der Waals surface area contributed by atoms with E-state index in [4.69, 9.17) is 5.11 Å². The molecular formula is C18H22N4O3. The molecule has 2 aromatic rings. The number of hydrogen-bond acceptors (Lipinski definition) is 4. The van der Waals surface area contributed by atoms with Gasteiger partial charge in [0, 0.05) is 18.3 Å². The third-order valence-corrected chi connectivity index (χ3v) is 4.38. The van der Waals surface area contributed by atoms with Crippen LogP contribution in [0.4, 0.5) is 5.69 Å². The number of carbonyl (C=O) groups excluding carboxylic acids is 2. The Bertz CT molecular complexity index is 735. The SMILES string of the molecule is O=C(Cn1cc(NC(=O)c2ccc(C3CCC3)cc2)cn1)NCCO. The fourth-order valence-corrected chi connectivity index (χ4v) is 2.76. The molecule has 3 rings (SSSR count). The van der Waals surface area contributed by atoms with Crippen molar-refractivity contribution in [1.82, 2.24) is 15.1 Å². The molecule has 1 saturated carbocycles. The van der Waals surface area contributed by atoms with Crippen LogP contribution in [0.1, 0.15) is 41.1 Å². The van der Waals surface area contributed by atoms with E-state index in [0.29, 0.717) is 17.2 Å². The molecule has 2 amide bonds. The monoisotopic (exact) mass is 342 g/mol. The minimum Gasteiger partial charge on any atom is -0.395 e. The maximum atomic E-state index is 12.3. The van der Waals surface area contributed by atoms with Crippen LogP contribution < -0.4 is 10.6 Å². The second kappa shape index (κ2) is 7.94. The van der Waals surface area contributed by atoms with Crippen molar-refractivity contribution in [2.75, 3.05) is 18.5 Å². The van der Waals surface area contributed by atoms with E-state index >= 15 is 0 Å². The zero-order valence-corrected chi connectivity index (χ0v) is 13.9. The van der Waals surface area contributed by atoms with Gasteiger partial charge in [0.15, 0.2) is 0 Å². The number of nitrogens with one attached hydrogen (secondary N) is 2. The van der Waals surface area contributed by atoms with Crippen LogP contribution in [0, 0.1) is 0 Å². The summed E-state index contributed by atoms with van der Waals surface area (Å²) < 4.78 is 1.43. The van der Waals surface area contributed by atoms with Gasteiger partial charge < -0.3 is 15.7 Å². The smallest absolute Gasteiger partial charge is 0.255 e. The second-order valence-corrected chi connectivity index (χ2v) is 6.20. The summed E-state index contributed by atoms with van der Waals surface area (Å²) in [5, 5.41) is 18.0. The van der Waals surface area contributed by atoms with Crippen molar-refractivity contribution in [3.8, 4) is 0 Å². The van der Waals surface area contributed by atoms with Crippen LogP contribution >= 0.6 is 0 Å². The average Bonchev–Trinajstić information content (AvgIpc) is 2.99. The van der Waals surface area contributed by atoms with Gasteiger partial charge in [0.05, 0.1) is 18.5 Å². The van der Waals surface area contributed by atoms with Crippen molar-refractivity contribution < 1.29 is 14.7 Å². The number of nitrogens with zero attached hydrogens (tertiary/aromatic N) is 2. The Hall–Kier alpha value is -2.67. The van der Waals surface area contributed by atoms with Crippen LogP contribution in [-0.2, 0) is 11.3 Å². The molecule has 132 valence electrons. The number of aromatic nitrogens is 2. The molecule has 0 bridgehead atoms. The molecule has 0 saturated heterocycles. The molecule has 0 spiro atoms. The van der Waals surface area contributed by atoms with Crippen LogP contribution in [-0.4, -0.2) is 39.9 Å². The largest absolute Gasteiger partial charge is 0.395 e. The van der Waals surface area contributed by atoms with Gasteiger partial charge in [-0.2, -0.15) is 5.10 Å². The Balaban J connectivity index is 1.55.